The number of carbonyl (C=O) groups excluding carboxylic acids is 4. The third-order valence-corrected chi connectivity index (χ3v) is 5.21. The lowest BCUT2D eigenvalue weighted by Crippen LogP contribution is -2.57. The second-order valence-electron chi connectivity index (χ2n) is 8.85. The van der Waals surface area contributed by atoms with Gasteiger partial charge in [-0.1, -0.05) is 19.0 Å². The standard InChI is InChI=1S/C23H32N4O7/c1-7-8-15(20(29)25-16(9-13(2)3)19(28)23(5)12-33-23)24-22(31)18(11-32-6)26-21(30)17-10-14(4)34-27-17/h1,10,13,15-16,18H,8-9,11-12H2,2-6H3,(H,24,31)(H,25,29)(H,26,30)/t15-,16-,18-,23?/m0/s1. The zero-order valence-corrected chi connectivity index (χ0v) is 20.1. The molecule has 0 saturated carbocycles. The number of methoxy groups -OCH3 is 1. The van der Waals surface area contributed by atoms with Gasteiger partial charge in [0.15, 0.2) is 11.5 Å². The Morgan fingerprint density at radius 3 is 2.29 bits per heavy atom. The van der Waals surface area contributed by atoms with Gasteiger partial charge in [-0.25, -0.2) is 0 Å². The van der Waals surface area contributed by atoms with E-state index in [9.17, 15) is 19.2 Å². The molecule has 0 spiro atoms. The van der Waals surface area contributed by atoms with Gasteiger partial charge in [-0.15, -0.1) is 12.3 Å². The Hall–Kier alpha value is -3.23. The Balaban J connectivity index is 2.09. The minimum Gasteiger partial charge on any atom is -0.382 e. The molecule has 1 aromatic heterocycles. The van der Waals surface area contributed by atoms with Crippen molar-refractivity contribution in [1.29, 1.82) is 0 Å². The highest BCUT2D eigenvalue weighted by Crippen LogP contribution is 2.29. The molecule has 1 aromatic rings. The summed E-state index contributed by atoms with van der Waals surface area (Å²) in [6, 6.07) is -1.63. The Labute approximate surface area is 198 Å². The largest absolute Gasteiger partial charge is 0.382 e. The fourth-order valence-corrected chi connectivity index (χ4v) is 3.25. The lowest BCUT2D eigenvalue weighted by atomic mass is 9.93. The summed E-state index contributed by atoms with van der Waals surface area (Å²) in [6.45, 7) is 7.28. The molecule has 1 saturated heterocycles. The van der Waals surface area contributed by atoms with Crippen LogP contribution in [0, 0.1) is 25.2 Å². The maximum absolute atomic E-state index is 13.0. The van der Waals surface area contributed by atoms with E-state index in [-0.39, 0.29) is 30.4 Å². The smallest absolute Gasteiger partial charge is 0.274 e. The first-order valence-corrected chi connectivity index (χ1v) is 11.0. The van der Waals surface area contributed by atoms with Gasteiger partial charge in [-0.05, 0) is 26.2 Å². The van der Waals surface area contributed by atoms with Gasteiger partial charge in [-0.2, -0.15) is 0 Å². The number of ketones is 1. The molecule has 186 valence electrons. The average molecular weight is 477 g/mol. The summed E-state index contributed by atoms with van der Waals surface area (Å²) in [5.41, 5.74) is -0.916. The quantitative estimate of drug-likeness (QED) is 0.268. The molecule has 2 heterocycles. The number of terminal acetylenes is 1. The number of aryl methyl sites for hydroxylation is 1. The first-order chi connectivity index (χ1) is 16.0. The molecule has 3 amide bonds. The summed E-state index contributed by atoms with van der Waals surface area (Å²) in [4.78, 5) is 51.1. The lowest BCUT2D eigenvalue weighted by Gasteiger charge is -2.25. The van der Waals surface area contributed by atoms with Crippen LogP contribution in [0.2, 0.25) is 0 Å². The molecule has 0 aliphatic carbocycles. The van der Waals surface area contributed by atoms with Crippen molar-refractivity contribution in [2.75, 3.05) is 20.3 Å². The van der Waals surface area contributed by atoms with Crippen LogP contribution in [0.5, 0.6) is 0 Å². The SMILES string of the molecule is C#CC[C@H](NC(=O)[C@H](COC)NC(=O)c1cc(C)on1)C(=O)N[C@@H](CC(C)C)C(=O)C1(C)CO1. The zero-order valence-electron chi connectivity index (χ0n) is 20.1. The molecule has 11 nitrogen and oxygen atoms in total. The van der Waals surface area contributed by atoms with Crippen molar-refractivity contribution in [3.8, 4) is 12.3 Å². The van der Waals surface area contributed by atoms with Crippen LogP contribution in [0.25, 0.3) is 0 Å². The third kappa shape index (κ3) is 7.40. The van der Waals surface area contributed by atoms with Gasteiger partial charge >= 0.3 is 0 Å². The molecule has 2 rings (SSSR count). The Morgan fingerprint density at radius 2 is 1.79 bits per heavy atom. The predicted molar refractivity (Wildman–Crippen MR) is 121 cm³/mol. The first-order valence-electron chi connectivity index (χ1n) is 11.0. The molecular weight excluding hydrogens is 444 g/mol. The molecule has 0 bridgehead atoms. The number of hydrogen-bond donors (Lipinski definition) is 3. The second kappa shape index (κ2) is 11.8. The second-order valence-corrected chi connectivity index (χ2v) is 8.85. The van der Waals surface area contributed by atoms with Crippen molar-refractivity contribution in [1.82, 2.24) is 21.1 Å². The number of aromatic nitrogens is 1. The van der Waals surface area contributed by atoms with E-state index in [1.54, 1.807) is 13.8 Å². The van der Waals surface area contributed by atoms with Crippen LogP contribution >= 0.6 is 0 Å². The predicted octanol–water partition coefficient (Wildman–Crippen LogP) is 0.125. The molecule has 1 unspecified atom stereocenters. The summed E-state index contributed by atoms with van der Waals surface area (Å²) in [6.07, 6.45) is 5.69. The molecule has 3 N–H and O–H groups in total. The van der Waals surface area contributed by atoms with Crippen molar-refractivity contribution in [3.05, 3.63) is 17.5 Å². The maximum Gasteiger partial charge on any atom is 0.274 e. The highest BCUT2D eigenvalue weighted by atomic mass is 16.6. The topological polar surface area (TPSA) is 152 Å². The number of carbonyl (C=O) groups is 4. The van der Waals surface area contributed by atoms with Crippen LogP contribution in [0.4, 0.5) is 0 Å². The Morgan fingerprint density at radius 1 is 1.18 bits per heavy atom. The number of amides is 3. The van der Waals surface area contributed by atoms with Crippen molar-refractivity contribution in [3.63, 3.8) is 0 Å². The number of nitrogens with zero attached hydrogens (tertiary/aromatic N) is 1. The summed E-state index contributed by atoms with van der Waals surface area (Å²) in [5.74, 6) is 0.741. The van der Waals surface area contributed by atoms with Crippen LogP contribution in [0.1, 0.15) is 49.9 Å². The van der Waals surface area contributed by atoms with Gasteiger partial charge in [0.1, 0.15) is 23.4 Å². The van der Waals surface area contributed by atoms with E-state index in [0.717, 1.165) is 0 Å². The Bertz CT molecular complexity index is 945. The van der Waals surface area contributed by atoms with Crippen LogP contribution in [0.15, 0.2) is 10.6 Å². The van der Waals surface area contributed by atoms with E-state index < -0.39 is 41.4 Å². The normalized spacial score (nSPS) is 19.4. The van der Waals surface area contributed by atoms with Gasteiger partial charge in [-0.3, -0.25) is 19.2 Å². The molecule has 0 aromatic carbocycles. The van der Waals surface area contributed by atoms with E-state index in [0.29, 0.717) is 18.8 Å². The van der Waals surface area contributed by atoms with Crippen LogP contribution < -0.4 is 16.0 Å². The molecule has 1 aliphatic heterocycles. The van der Waals surface area contributed by atoms with Crippen LogP contribution in [-0.4, -0.2) is 72.7 Å². The van der Waals surface area contributed by atoms with Crippen molar-refractivity contribution in [2.45, 2.75) is 64.3 Å². The molecule has 1 fully saturated rings. The summed E-state index contributed by atoms with van der Waals surface area (Å²) in [7, 11) is 1.36. The van der Waals surface area contributed by atoms with Gasteiger partial charge in [0.25, 0.3) is 5.91 Å². The third-order valence-electron chi connectivity index (χ3n) is 5.21. The number of hydrogen-bond acceptors (Lipinski definition) is 8. The van der Waals surface area contributed by atoms with Crippen molar-refractivity contribution < 1.29 is 33.2 Å². The maximum atomic E-state index is 13.0. The average Bonchev–Trinajstić information content (AvgIpc) is 3.37. The zero-order chi connectivity index (χ0) is 25.5. The summed E-state index contributed by atoms with van der Waals surface area (Å²) >= 11 is 0. The number of ether oxygens (including phenoxy) is 2. The molecule has 4 atom stereocenters. The van der Waals surface area contributed by atoms with Gasteiger partial charge < -0.3 is 29.9 Å². The van der Waals surface area contributed by atoms with Gasteiger partial charge in [0.2, 0.25) is 11.8 Å². The minimum atomic E-state index is -1.13. The molecule has 0 radical (unpaired) electrons. The van der Waals surface area contributed by atoms with Crippen molar-refractivity contribution in [2.24, 2.45) is 5.92 Å². The molecule has 34 heavy (non-hydrogen) atoms. The molecule has 1 aliphatic rings. The van der Waals surface area contributed by atoms with Crippen molar-refractivity contribution >= 4 is 23.5 Å². The van der Waals surface area contributed by atoms with E-state index in [1.807, 2.05) is 13.8 Å². The number of epoxide rings is 1. The van der Waals surface area contributed by atoms with E-state index in [2.05, 4.69) is 27.0 Å². The van der Waals surface area contributed by atoms with Gasteiger partial charge in [0.05, 0.1) is 19.3 Å². The van der Waals surface area contributed by atoms with E-state index in [1.165, 1.54) is 13.2 Å². The number of Topliss-reactive ketones (excluding diaryl/α,β-unsaturated/α-hetero) is 1. The number of nitrogens with one attached hydrogen (secondary N) is 3. The molecular formula is C23H32N4O7. The van der Waals surface area contributed by atoms with E-state index >= 15 is 0 Å². The highest BCUT2D eigenvalue weighted by Gasteiger charge is 2.50. The minimum absolute atomic E-state index is 0.00449. The Kier molecular flexibility index (Phi) is 9.35. The fraction of sp³-hybridized carbons (Fsp3) is 0.609. The summed E-state index contributed by atoms with van der Waals surface area (Å²) in [5, 5.41) is 11.4. The van der Waals surface area contributed by atoms with E-state index in [4.69, 9.17) is 20.4 Å². The first kappa shape index (κ1) is 27.0. The monoisotopic (exact) mass is 476 g/mol. The van der Waals surface area contributed by atoms with Crippen LogP contribution in [-0.2, 0) is 23.9 Å². The van der Waals surface area contributed by atoms with Crippen LogP contribution in [0.3, 0.4) is 0 Å². The summed E-state index contributed by atoms with van der Waals surface area (Å²) < 4.78 is 15.1. The lowest BCUT2D eigenvalue weighted by molar-refractivity contribution is -0.133. The number of rotatable bonds is 13. The van der Waals surface area contributed by atoms with Gasteiger partial charge in [0, 0.05) is 19.6 Å². The fourth-order valence-electron chi connectivity index (χ4n) is 3.25. The highest BCUT2D eigenvalue weighted by molar-refractivity contribution is 5.99. The molecule has 11 heteroatoms.